The van der Waals surface area contributed by atoms with Crippen LogP contribution in [0.5, 0.6) is 0 Å². The molecule has 4 nitrogen and oxygen atoms in total. The van der Waals surface area contributed by atoms with Gasteiger partial charge in [-0.3, -0.25) is 0 Å². The average molecular weight is 753 g/mol. The summed E-state index contributed by atoms with van der Waals surface area (Å²) in [7, 11) is 0. The first-order valence-corrected chi connectivity index (χ1v) is 20.0. The second-order valence-corrected chi connectivity index (χ2v) is 15.7. The van der Waals surface area contributed by atoms with E-state index in [-0.39, 0.29) is 0 Å². The van der Waals surface area contributed by atoms with Gasteiger partial charge in [-0.2, -0.15) is 0 Å². The van der Waals surface area contributed by atoms with Crippen molar-refractivity contribution in [3.05, 3.63) is 191 Å². The van der Waals surface area contributed by atoms with Crippen LogP contribution < -0.4 is 9.80 Å². The molecule has 2 aromatic heterocycles. The molecule has 2 heterocycles. The van der Waals surface area contributed by atoms with Crippen LogP contribution in [-0.4, -0.2) is 0 Å². The SMILES string of the molecule is Cc1cc(-c2ccc(N(c3ccc4oc5ccccc5c4c3)c3c(C)cccc3C)c(C)c2)ccc1N(c1ccc2oc3ccccc3c2c1)c1c(C)cccc1C. The fraction of sp³-hybridized carbons (Fsp3) is 0.111. The van der Waals surface area contributed by atoms with Crippen LogP contribution in [0.3, 0.4) is 0 Å². The number of hydrogen-bond donors (Lipinski definition) is 0. The van der Waals surface area contributed by atoms with Crippen LogP contribution in [-0.2, 0) is 0 Å². The molecule has 0 spiro atoms. The van der Waals surface area contributed by atoms with Gasteiger partial charge in [0.05, 0.1) is 11.4 Å². The van der Waals surface area contributed by atoms with Crippen molar-refractivity contribution >= 4 is 78.0 Å². The van der Waals surface area contributed by atoms with Crippen molar-refractivity contribution in [1.82, 2.24) is 0 Å². The second-order valence-electron chi connectivity index (χ2n) is 15.7. The minimum Gasteiger partial charge on any atom is -0.456 e. The van der Waals surface area contributed by atoms with Crippen LogP contribution in [0.4, 0.5) is 34.1 Å². The molecule has 0 aliphatic heterocycles. The number of fused-ring (bicyclic) bond motifs is 6. The summed E-state index contributed by atoms with van der Waals surface area (Å²) >= 11 is 0. The lowest BCUT2D eigenvalue weighted by molar-refractivity contribution is 0.668. The van der Waals surface area contributed by atoms with Gasteiger partial charge < -0.3 is 18.6 Å². The third-order valence-electron chi connectivity index (χ3n) is 11.8. The van der Waals surface area contributed by atoms with Gasteiger partial charge in [0.1, 0.15) is 22.3 Å². The standard InChI is InChI=1S/C54H44N2O2/c1-33-13-11-14-34(2)53(33)55(41-23-27-51-45(31-41)43-17-7-9-19-49(43)57-51)47-25-21-39(29-37(47)5)40-22-26-48(38(6)30-40)56(54-35(3)15-12-16-36(54)4)42-24-28-52-46(32-42)44-18-8-10-20-50(44)58-52/h7-32H,1-6H3. The zero-order chi connectivity index (χ0) is 39.7. The zero-order valence-electron chi connectivity index (χ0n) is 33.7. The maximum atomic E-state index is 6.23. The maximum absolute atomic E-state index is 6.23. The molecule has 10 aromatic rings. The highest BCUT2D eigenvalue weighted by Gasteiger charge is 2.23. The van der Waals surface area contributed by atoms with Gasteiger partial charge in [0, 0.05) is 44.3 Å². The Morgan fingerprint density at radius 2 is 0.690 bits per heavy atom. The molecule has 0 fully saturated rings. The maximum Gasteiger partial charge on any atom is 0.135 e. The molecule has 0 aliphatic rings. The fourth-order valence-electron chi connectivity index (χ4n) is 8.97. The molecule has 8 aromatic carbocycles. The van der Waals surface area contributed by atoms with Crippen molar-refractivity contribution in [3.8, 4) is 11.1 Å². The van der Waals surface area contributed by atoms with E-state index in [1.165, 1.54) is 55.9 Å². The van der Waals surface area contributed by atoms with Gasteiger partial charge >= 0.3 is 0 Å². The van der Waals surface area contributed by atoms with Gasteiger partial charge in [-0.25, -0.2) is 0 Å². The highest BCUT2D eigenvalue weighted by atomic mass is 16.3. The highest BCUT2D eigenvalue weighted by Crippen LogP contribution is 2.46. The molecule has 0 amide bonds. The van der Waals surface area contributed by atoms with Crippen molar-refractivity contribution < 1.29 is 8.83 Å². The molecule has 0 atom stereocenters. The first-order valence-electron chi connectivity index (χ1n) is 20.0. The summed E-state index contributed by atoms with van der Waals surface area (Å²) in [5.41, 5.74) is 20.1. The van der Waals surface area contributed by atoms with Crippen molar-refractivity contribution in [3.63, 3.8) is 0 Å². The van der Waals surface area contributed by atoms with E-state index in [1.54, 1.807) is 0 Å². The van der Waals surface area contributed by atoms with Crippen molar-refractivity contribution in [2.75, 3.05) is 9.80 Å². The first-order chi connectivity index (χ1) is 28.2. The summed E-state index contributed by atoms with van der Waals surface area (Å²) in [4.78, 5) is 4.84. The van der Waals surface area contributed by atoms with Gasteiger partial charge in [-0.1, -0.05) is 84.9 Å². The van der Waals surface area contributed by atoms with E-state index in [2.05, 4.69) is 185 Å². The quantitative estimate of drug-likeness (QED) is 0.162. The molecule has 0 bridgehead atoms. The van der Waals surface area contributed by atoms with E-state index in [9.17, 15) is 0 Å². The summed E-state index contributed by atoms with van der Waals surface area (Å²) in [6.45, 7) is 13.3. The molecule has 4 heteroatoms. The Bertz CT molecular complexity index is 2960. The van der Waals surface area contributed by atoms with Crippen LogP contribution in [0.1, 0.15) is 33.4 Å². The summed E-state index contributed by atoms with van der Waals surface area (Å²) in [6.07, 6.45) is 0. The van der Waals surface area contributed by atoms with Crippen LogP contribution in [0, 0.1) is 41.5 Å². The normalized spacial score (nSPS) is 11.6. The van der Waals surface area contributed by atoms with E-state index in [1.807, 2.05) is 24.3 Å². The number of hydrogen-bond acceptors (Lipinski definition) is 4. The van der Waals surface area contributed by atoms with E-state index < -0.39 is 0 Å². The van der Waals surface area contributed by atoms with Gasteiger partial charge in [0.25, 0.3) is 0 Å². The van der Waals surface area contributed by atoms with Gasteiger partial charge in [0.15, 0.2) is 0 Å². The number of nitrogens with zero attached hydrogens (tertiary/aromatic N) is 2. The van der Waals surface area contributed by atoms with Crippen molar-refractivity contribution in [2.24, 2.45) is 0 Å². The molecular formula is C54H44N2O2. The van der Waals surface area contributed by atoms with Crippen LogP contribution in [0.15, 0.2) is 167 Å². The lowest BCUT2D eigenvalue weighted by atomic mass is 9.97. The molecule has 0 unspecified atom stereocenters. The summed E-state index contributed by atoms with van der Waals surface area (Å²) in [6, 6.07) is 56.5. The van der Waals surface area contributed by atoms with E-state index in [0.29, 0.717) is 0 Å². The number of furan rings is 2. The van der Waals surface area contributed by atoms with Crippen LogP contribution >= 0.6 is 0 Å². The Hall–Kier alpha value is -7.04. The van der Waals surface area contributed by atoms with E-state index >= 15 is 0 Å². The number of aryl methyl sites for hydroxylation is 6. The lowest BCUT2D eigenvalue weighted by Crippen LogP contribution is -2.14. The van der Waals surface area contributed by atoms with Gasteiger partial charge in [-0.05, 0) is 159 Å². The van der Waals surface area contributed by atoms with E-state index in [0.717, 1.165) is 66.6 Å². The molecule has 0 radical (unpaired) electrons. The second kappa shape index (κ2) is 13.9. The number of rotatable bonds is 7. The van der Waals surface area contributed by atoms with E-state index in [4.69, 9.17) is 8.83 Å². The third kappa shape index (κ3) is 5.83. The molecule has 282 valence electrons. The smallest absolute Gasteiger partial charge is 0.135 e. The summed E-state index contributed by atoms with van der Waals surface area (Å²) in [5, 5.41) is 4.47. The summed E-state index contributed by atoms with van der Waals surface area (Å²) < 4.78 is 12.5. The number of benzene rings is 8. The molecular weight excluding hydrogens is 709 g/mol. The fourth-order valence-corrected chi connectivity index (χ4v) is 8.97. The topological polar surface area (TPSA) is 32.8 Å². The Kier molecular flexibility index (Phi) is 8.45. The van der Waals surface area contributed by atoms with Gasteiger partial charge in [0.2, 0.25) is 0 Å². The number of anilines is 6. The predicted octanol–water partition coefficient (Wildman–Crippen LogP) is 15.9. The Morgan fingerprint density at radius 1 is 0.310 bits per heavy atom. The average Bonchev–Trinajstić information content (AvgIpc) is 3.79. The summed E-state index contributed by atoms with van der Waals surface area (Å²) in [5.74, 6) is 0. The minimum absolute atomic E-state index is 0.893. The monoisotopic (exact) mass is 752 g/mol. The van der Waals surface area contributed by atoms with Gasteiger partial charge in [-0.15, -0.1) is 0 Å². The molecule has 0 saturated heterocycles. The number of para-hydroxylation sites is 4. The zero-order valence-corrected chi connectivity index (χ0v) is 33.7. The first kappa shape index (κ1) is 35.4. The van der Waals surface area contributed by atoms with Crippen molar-refractivity contribution in [1.29, 1.82) is 0 Å². The van der Waals surface area contributed by atoms with Crippen LogP contribution in [0.2, 0.25) is 0 Å². The molecule has 10 rings (SSSR count). The lowest BCUT2D eigenvalue weighted by Gasteiger charge is -2.31. The minimum atomic E-state index is 0.893. The molecule has 0 saturated carbocycles. The molecule has 0 N–H and O–H groups in total. The molecule has 58 heavy (non-hydrogen) atoms. The van der Waals surface area contributed by atoms with Crippen molar-refractivity contribution in [2.45, 2.75) is 41.5 Å². The largest absolute Gasteiger partial charge is 0.456 e. The Morgan fingerprint density at radius 3 is 1.09 bits per heavy atom. The van der Waals surface area contributed by atoms with Crippen LogP contribution in [0.25, 0.3) is 55.0 Å². The molecule has 0 aliphatic carbocycles. The third-order valence-corrected chi connectivity index (χ3v) is 11.8. The predicted molar refractivity (Wildman–Crippen MR) is 244 cm³/mol. The Balaban J connectivity index is 1.07. The highest BCUT2D eigenvalue weighted by molar-refractivity contribution is 6.08. The Labute approximate surface area is 339 Å².